The highest BCUT2D eigenvalue weighted by molar-refractivity contribution is 7.91. The van der Waals surface area contributed by atoms with Crippen LogP contribution in [0.3, 0.4) is 0 Å². The van der Waals surface area contributed by atoms with Gasteiger partial charge in [0.2, 0.25) is 0 Å². The third-order valence-corrected chi connectivity index (χ3v) is 6.34. The summed E-state index contributed by atoms with van der Waals surface area (Å²) in [5.41, 5.74) is 1.84. The summed E-state index contributed by atoms with van der Waals surface area (Å²) in [4.78, 5) is 23.7. The summed E-state index contributed by atoms with van der Waals surface area (Å²) in [7, 11) is -3.01. The van der Waals surface area contributed by atoms with Crippen molar-refractivity contribution >= 4 is 26.8 Å². The number of hydrogen-bond acceptors (Lipinski definition) is 6. The monoisotopic (exact) mass is 351 g/mol. The number of nitrogens with one attached hydrogen (secondary N) is 1. The third kappa shape index (κ3) is 3.15. The predicted octanol–water partition coefficient (Wildman–Crippen LogP) is 2.21. The molecule has 0 atom stereocenters. The largest absolute Gasteiger partial charge is 0.462 e. The van der Waals surface area contributed by atoms with Gasteiger partial charge in [-0.15, -0.1) is 0 Å². The van der Waals surface area contributed by atoms with E-state index in [2.05, 4.69) is 15.0 Å². The topological polar surface area (TPSA) is 102 Å². The van der Waals surface area contributed by atoms with Gasteiger partial charge in [0.1, 0.15) is 21.8 Å². The molecule has 0 aromatic carbocycles. The van der Waals surface area contributed by atoms with Crippen LogP contribution in [0.5, 0.6) is 0 Å². The van der Waals surface area contributed by atoms with E-state index in [1.807, 2.05) is 0 Å². The third-order valence-electron chi connectivity index (χ3n) is 4.66. The molecule has 1 saturated carbocycles. The number of aromatic nitrogens is 3. The number of aromatic amines is 1. The summed E-state index contributed by atoms with van der Waals surface area (Å²) in [6.07, 6.45) is 7.08. The molecule has 0 unspecified atom stereocenters. The minimum Gasteiger partial charge on any atom is -0.462 e. The number of nitrogens with zero attached hydrogens (tertiary/aromatic N) is 2. The van der Waals surface area contributed by atoms with Crippen molar-refractivity contribution in [1.29, 1.82) is 0 Å². The lowest BCUT2D eigenvalue weighted by atomic mass is 9.85. The molecule has 7 nitrogen and oxygen atoms in total. The summed E-state index contributed by atoms with van der Waals surface area (Å²) < 4.78 is 28.6. The summed E-state index contributed by atoms with van der Waals surface area (Å²) in [5.74, 6) is -0.276. The molecule has 2 aromatic heterocycles. The molecule has 1 aliphatic rings. The fourth-order valence-electron chi connectivity index (χ4n) is 3.43. The number of fused-ring (bicyclic) bond motifs is 1. The molecule has 0 aliphatic heterocycles. The second-order valence-electron chi connectivity index (χ2n) is 6.21. The van der Waals surface area contributed by atoms with E-state index in [9.17, 15) is 13.2 Å². The van der Waals surface area contributed by atoms with Crippen molar-refractivity contribution in [3.05, 3.63) is 23.8 Å². The molecule has 0 bridgehead atoms. The van der Waals surface area contributed by atoms with Crippen LogP contribution in [0.15, 0.2) is 12.5 Å². The lowest BCUT2D eigenvalue weighted by Gasteiger charge is -2.27. The van der Waals surface area contributed by atoms with Crippen LogP contribution in [-0.4, -0.2) is 47.5 Å². The Morgan fingerprint density at radius 3 is 2.62 bits per heavy atom. The number of carbonyl (C=O) groups excluding carboxylic acids is 1. The summed E-state index contributed by atoms with van der Waals surface area (Å²) in [5, 5.41) is 0.417. The quantitative estimate of drug-likeness (QED) is 0.847. The van der Waals surface area contributed by atoms with Crippen LogP contribution in [0, 0.1) is 0 Å². The van der Waals surface area contributed by atoms with Crippen molar-refractivity contribution < 1.29 is 17.9 Å². The van der Waals surface area contributed by atoms with Crippen molar-refractivity contribution in [2.45, 2.75) is 43.8 Å². The maximum absolute atomic E-state index is 12.2. The van der Waals surface area contributed by atoms with E-state index in [4.69, 9.17) is 4.74 Å². The van der Waals surface area contributed by atoms with Crippen molar-refractivity contribution in [3.8, 4) is 0 Å². The highest BCUT2D eigenvalue weighted by Crippen LogP contribution is 2.37. The van der Waals surface area contributed by atoms with E-state index in [1.165, 1.54) is 12.6 Å². The van der Waals surface area contributed by atoms with E-state index in [1.54, 1.807) is 13.1 Å². The molecule has 0 radical (unpaired) electrons. The van der Waals surface area contributed by atoms with Crippen LogP contribution in [0.4, 0.5) is 0 Å². The van der Waals surface area contributed by atoms with Gasteiger partial charge in [-0.1, -0.05) is 0 Å². The molecule has 24 heavy (non-hydrogen) atoms. The Kier molecular flexibility index (Phi) is 4.58. The van der Waals surface area contributed by atoms with Crippen LogP contribution in [0.2, 0.25) is 0 Å². The standard InChI is InChI=1S/C16H21N3O4S/c1-3-23-16(20)12-8-17-15-13(12)14(18-9-19-15)10-4-6-11(7-5-10)24(2,21)22/h8-11H,3-7H2,1-2H3,(H,17,18,19). The number of sulfone groups is 1. The lowest BCUT2D eigenvalue weighted by molar-refractivity contribution is 0.0528. The molecule has 0 saturated heterocycles. The molecular formula is C16H21N3O4S. The highest BCUT2D eigenvalue weighted by atomic mass is 32.2. The van der Waals surface area contributed by atoms with Gasteiger partial charge in [0.25, 0.3) is 0 Å². The molecule has 1 fully saturated rings. The molecule has 0 amide bonds. The minimum absolute atomic E-state index is 0.123. The molecule has 3 rings (SSSR count). The smallest absolute Gasteiger partial charge is 0.340 e. The van der Waals surface area contributed by atoms with Gasteiger partial charge in [0, 0.05) is 18.4 Å². The number of hydrogen-bond donors (Lipinski definition) is 1. The van der Waals surface area contributed by atoms with E-state index in [-0.39, 0.29) is 11.2 Å². The fraction of sp³-hybridized carbons (Fsp3) is 0.562. The van der Waals surface area contributed by atoms with Crippen molar-refractivity contribution in [3.63, 3.8) is 0 Å². The zero-order valence-corrected chi connectivity index (χ0v) is 14.6. The van der Waals surface area contributed by atoms with Gasteiger partial charge in [0.15, 0.2) is 0 Å². The second kappa shape index (κ2) is 6.51. The van der Waals surface area contributed by atoms with Crippen molar-refractivity contribution in [2.75, 3.05) is 12.9 Å². The maximum Gasteiger partial charge on any atom is 0.340 e. The first-order valence-corrected chi connectivity index (χ1v) is 10.0. The molecule has 2 aromatic rings. The molecule has 0 spiro atoms. The van der Waals surface area contributed by atoms with Gasteiger partial charge in [-0.2, -0.15) is 0 Å². The van der Waals surface area contributed by atoms with Gasteiger partial charge < -0.3 is 9.72 Å². The number of ether oxygens (including phenoxy) is 1. The SMILES string of the molecule is CCOC(=O)c1c[nH]c2ncnc(C3CCC(S(C)(=O)=O)CC3)c12. The van der Waals surface area contributed by atoms with Crippen LogP contribution < -0.4 is 0 Å². The Labute approximate surface area is 140 Å². The number of H-pyrrole nitrogens is 1. The highest BCUT2D eigenvalue weighted by Gasteiger charge is 2.31. The molecule has 130 valence electrons. The van der Waals surface area contributed by atoms with E-state index >= 15 is 0 Å². The van der Waals surface area contributed by atoms with Crippen molar-refractivity contribution in [1.82, 2.24) is 15.0 Å². The van der Waals surface area contributed by atoms with Crippen LogP contribution in [-0.2, 0) is 14.6 Å². The second-order valence-corrected chi connectivity index (χ2v) is 8.53. The van der Waals surface area contributed by atoms with Gasteiger partial charge in [-0.3, -0.25) is 0 Å². The van der Waals surface area contributed by atoms with Crippen LogP contribution in [0.1, 0.15) is 54.6 Å². The van der Waals surface area contributed by atoms with Crippen LogP contribution in [0.25, 0.3) is 11.0 Å². The normalized spacial score (nSPS) is 21.8. The molecular weight excluding hydrogens is 330 g/mol. The Bertz CT molecular complexity index is 851. The summed E-state index contributed by atoms with van der Waals surface area (Å²) in [6, 6.07) is 0. The fourth-order valence-corrected chi connectivity index (χ4v) is 4.56. The van der Waals surface area contributed by atoms with Gasteiger partial charge >= 0.3 is 5.97 Å². The first kappa shape index (κ1) is 16.9. The van der Waals surface area contributed by atoms with E-state index in [0.717, 1.165) is 18.5 Å². The van der Waals surface area contributed by atoms with Crippen molar-refractivity contribution in [2.24, 2.45) is 0 Å². The minimum atomic E-state index is -3.01. The lowest BCUT2D eigenvalue weighted by Crippen LogP contribution is -2.26. The zero-order chi connectivity index (χ0) is 17.3. The number of esters is 1. The Morgan fingerprint density at radius 1 is 1.29 bits per heavy atom. The Balaban J connectivity index is 1.93. The van der Waals surface area contributed by atoms with Gasteiger partial charge in [-0.05, 0) is 32.6 Å². The molecule has 1 aliphatic carbocycles. The predicted molar refractivity (Wildman–Crippen MR) is 89.7 cm³/mol. The van der Waals surface area contributed by atoms with E-state index in [0.29, 0.717) is 36.0 Å². The van der Waals surface area contributed by atoms with E-state index < -0.39 is 15.8 Å². The number of rotatable bonds is 4. The van der Waals surface area contributed by atoms with Gasteiger partial charge in [-0.25, -0.2) is 23.2 Å². The average Bonchev–Trinajstić information content (AvgIpc) is 2.98. The van der Waals surface area contributed by atoms with Gasteiger partial charge in [0.05, 0.1) is 28.5 Å². The maximum atomic E-state index is 12.2. The molecule has 1 N–H and O–H groups in total. The van der Waals surface area contributed by atoms with Crippen LogP contribution >= 0.6 is 0 Å². The Hall–Kier alpha value is -1.96. The Morgan fingerprint density at radius 2 is 2.00 bits per heavy atom. The first-order valence-electron chi connectivity index (χ1n) is 8.09. The summed E-state index contributed by atoms with van der Waals surface area (Å²) in [6.45, 7) is 2.06. The average molecular weight is 351 g/mol. The first-order chi connectivity index (χ1) is 11.4. The zero-order valence-electron chi connectivity index (χ0n) is 13.8. The number of carbonyl (C=O) groups is 1. The summed E-state index contributed by atoms with van der Waals surface area (Å²) >= 11 is 0. The molecule has 8 heteroatoms. The molecule has 2 heterocycles.